The minimum Gasteiger partial charge on any atom is -0.444 e. The Bertz CT molecular complexity index is 495. The van der Waals surface area contributed by atoms with Gasteiger partial charge >= 0.3 is 0 Å². The Morgan fingerprint density at radius 1 is 1.29 bits per heavy atom. The number of ether oxygens (including phenoxy) is 1. The molecule has 8 heteroatoms. The Kier molecular flexibility index (Phi) is 9.60. The quantitative estimate of drug-likeness (QED) is 0.390. The first-order valence-electron chi connectivity index (χ1n) is 8.37. The molecule has 0 amide bonds. The van der Waals surface area contributed by atoms with E-state index in [1.165, 1.54) is 0 Å². The van der Waals surface area contributed by atoms with Crippen LogP contribution in [0.3, 0.4) is 0 Å². The third-order valence-corrected chi connectivity index (χ3v) is 4.02. The largest absolute Gasteiger partial charge is 0.444 e. The monoisotopic (exact) mass is 451 g/mol. The first-order valence-corrected chi connectivity index (χ1v) is 8.37. The topological polar surface area (TPSA) is 74.9 Å². The minimum atomic E-state index is 0. The van der Waals surface area contributed by atoms with Crippen LogP contribution in [0.5, 0.6) is 0 Å². The standard InChI is InChI=1S/C16H29N5O2.HI/c1-5-17-16(19-11-15-20-13(3)14(4)23-15)18-10-12(2)21-6-8-22-9-7-21;/h12H,5-11H2,1-4H3,(H2,17,18,19);1H. The average Bonchev–Trinajstić information content (AvgIpc) is 2.89. The molecule has 1 fully saturated rings. The fourth-order valence-electron chi connectivity index (χ4n) is 2.49. The molecule has 1 atom stereocenters. The van der Waals surface area contributed by atoms with E-state index in [0.29, 0.717) is 18.5 Å². The molecule has 1 aliphatic heterocycles. The summed E-state index contributed by atoms with van der Waals surface area (Å²) in [6.45, 7) is 13.9. The molecular formula is C16H30IN5O2. The summed E-state index contributed by atoms with van der Waals surface area (Å²) in [6.07, 6.45) is 0. The molecule has 24 heavy (non-hydrogen) atoms. The van der Waals surface area contributed by atoms with Crippen LogP contribution in [0.1, 0.15) is 31.2 Å². The fraction of sp³-hybridized carbons (Fsp3) is 0.750. The van der Waals surface area contributed by atoms with E-state index in [9.17, 15) is 0 Å². The van der Waals surface area contributed by atoms with Gasteiger partial charge in [-0.2, -0.15) is 0 Å². The number of guanidine groups is 1. The normalized spacial score (nSPS) is 17.2. The predicted molar refractivity (Wildman–Crippen MR) is 106 cm³/mol. The maximum Gasteiger partial charge on any atom is 0.216 e. The van der Waals surface area contributed by atoms with Crippen molar-refractivity contribution in [3.05, 3.63) is 17.3 Å². The molecule has 0 bridgehead atoms. The second-order valence-corrected chi connectivity index (χ2v) is 5.82. The van der Waals surface area contributed by atoms with Crippen molar-refractivity contribution in [2.75, 3.05) is 39.4 Å². The number of halogens is 1. The number of aryl methyl sites for hydroxylation is 2. The van der Waals surface area contributed by atoms with Crippen molar-refractivity contribution < 1.29 is 9.15 Å². The van der Waals surface area contributed by atoms with Crippen molar-refractivity contribution in [1.82, 2.24) is 20.5 Å². The maximum absolute atomic E-state index is 5.57. The molecule has 1 aromatic heterocycles. The summed E-state index contributed by atoms with van der Waals surface area (Å²) < 4.78 is 11.0. The second-order valence-electron chi connectivity index (χ2n) is 5.82. The van der Waals surface area contributed by atoms with Gasteiger partial charge in [0, 0.05) is 32.2 Å². The molecule has 1 aromatic rings. The number of oxazole rings is 1. The summed E-state index contributed by atoms with van der Waals surface area (Å²) in [4.78, 5) is 11.3. The summed E-state index contributed by atoms with van der Waals surface area (Å²) in [5.41, 5.74) is 0.925. The van der Waals surface area contributed by atoms with Gasteiger partial charge in [-0.05, 0) is 27.7 Å². The minimum absolute atomic E-state index is 0. The maximum atomic E-state index is 5.57. The molecule has 2 N–H and O–H groups in total. The van der Waals surface area contributed by atoms with Crippen LogP contribution in [-0.2, 0) is 11.3 Å². The zero-order valence-electron chi connectivity index (χ0n) is 15.1. The van der Waals surface area contributed by atoms with E-state index in [4.69, 9.17) is 9.15 Å². The summed E-state index contributed by atoms with van der Waals surface area (Å²) in [6, 6.07) is 0.439. The van der Waals surface area contributed by atoms with Gasteiger partial charge in [0.25, 0.3) is 0 Å². The molecular weight excluding hydrogens is 421 g/mol. The fourth-order valence-corrected chi connectivity index (χ4v) is 2.49. The van der Waals surface area contributed by atoms with Crippen LogP contribution in [0, 0.1) is 13.8 Å². The van der Waals surface area contributed by atoms with Crippen LogP contribution in [0.15, 0.2) is 9.41 Å². The number of rotatable bonds is 6. The number of hydrogen-bond donors (Lipinski definition) is 2. The Morgan fingerprint density at radius 3 is 2.58 bits per heavy atom. The van der Waals surface area contributed by atoms with E-state index in [1.54, 1.807) is 0 Å². The Morgan fingerprint density at radius 2 is 2.00 bits per heavy atom. The van der Waals surface area contributed by atoms with Crippen molar-refractivity contribution in [2.45, 2.75) is 40.3 Å². The zero-order chi connectivity index (χ0) is 16.7. The number of nitrogens with one attached hydrogen (secondary N) is 2. The van der Waals surface area contributed by atoms with Crippen molar-refractivity contribution in [3.8, 4) is 0 Å². The molecule has 0 aromatic carbocycles. The predicted octanol–water partition coefficient (Wildman–Crippen LogP) is 1.69. The number of morpholine rings is 1. The number of aromatic nitrogens is 1. The molecule has 1 aliphatic rings. The van der Waals surface area contributed by atoms with Gasteiger partial charge in [0.1, 0.15) is 12.3 Å². The third-order valence-electron chi connectivity index (χ3n) is 4.02. The van der Waals surface area contributed by atoms with Gasteiger partial charge < -0.3 is 19.8 Å². The number of aliphatic imine (C=N–C) groups is 1. The Balaban J connectivity index is 0.00000288. The van der Waals surface area contributed by atoms with E-state index >= 15 is 0 Å². The van der Waals surface area contributed by atoms with Gasteiger partial charge in [0.05, 0.1) is 18.9 Å². The van der Waals surface area contributed by atoms with Crippen LogP contribution in [0.25, 0.3) is 0 Å². The zero-order valence-corrected chi connectivity index (χ0v) is 17.4. The highest BCUT2D eigenvalue weighted by molar-refractivity contribution is 14.0. The highest BCUT2D eigenvalue weighted by Gasteiger charge is 2.17. The van der Waals surface area contributed by atoms with Crippen molar-refractivity contribution in [3.63, 3.8) is 0 Å². The summed E-state index contributed by atoms with van der Waals surface area (Å²) in [5.74, 6) is 2.30. The van der Waals surface area contributed by atoms with Crippen LogP contribution >= 0.6 is 24.0 Å². The number of nitrogens with zero attached hydrogens (tertiary/aromatic N) is 3. The summed E-state index contributed by atoms with van der Waals surface area (Å²) >= 11 is 0. The molecule has 0 spiro atoms. The molecule has 2 rings (SSSR count). The smallest absolute Gasteiger partial charge is 0.216 e. The van der Waals surface area contributed by atoms with Crippen LogP contribution in [0.2, 0.25) is 0 Å². The molecule has 7 nitrogen and oxygen atoms in total. The molecule has 2 heterocycles. The van der Waals surface area contributed by atoms with Crippen LogP contribution < -0.4 is 10.6 Å². The van der Waals surface area contributed by atoms with Gasteiger partial charge in [-0.1, -0.05) is 0 Å². The van der Waals surface area contributed by atoms with Gasteiger partial charge in [0.2, 0.25) is 5.89 Å². The number of hydrogen-bond acceptors (Lipinski definition) is 5. The molecule has 1 saturated heterocycles. The van der Waals surface area contributed by atoms with Crippen LogP contribution in [-0.4, -0.2) is 61.3 Å². The first kappa shape index (κ1) is 21.2. The van der Waals surface area contributed by atoms with E-state index < -0.39 is 0 Å². The highest BCUT2D eigenvalue weighted by Crippen LogP contribution is 2.09. The van der Waals surface area contributed by atoms with Crippen molar-refractivity contribution in [1.29, 1.82) is 0 Å². The molecule has 1 unspecified atom stereocenters. The van der Waals surface area contributed by atoms with Gasteiger partial charge in [-0.25, -0.2) is 9.98 Å². The van der Waals surface area contributed by atoms with Crippen LogP contribution in [0.4, 0.5) is 0 Å². The van der Waals surface area contributed by atoms with E-state index in [-0.39, 0.29) is 24.0 Å². The lowest BCUT2D eigenvalue weighted by atomic mass is 10.2. The summed E-state index contributed by atoms with van der Waals surface area (Å²) in [7, 11) is 0. The van der Waals surface area contributed by atoms with Gasteiger partial charge in [0.15, 0.2) is 5.96 Å². The second kappa shape index (κ2) is 10.9. The Labute approximate surface area is 161 Å². The molecule has 0 saturated carbocycles. The average molecular weight is 451 g/mol. The lowest BCUT2D eigenvalue weighted by molar-refractivity contribution is 0.0211. The Hall–Kier alpha value is -0.870. The first-order chi connectivity index (χ1) is 11.1. The molecule has 0 radical (unpaired) electrons. The highest BCUT2D eigenvalue weighted by atomic mass is 127. The van der Waals surface area contributed by atoms with E-state index in [0.717, 1.165) is 56.8 Å². The molecule has 138 valence electrons. The van der Waals surface area contributed by atoms with E-state index in [1.807, 2.05) is 13.8 Å². The lowest BCUT2D eigenvalue weighted by Crippen LogP contribution is -2.49. The van der Waals surface area contributed by atoms with Gasteiger partial charge in [-0.15, -0.1) is 24.0 Å². The molecule has 0 aliphatic carbocycles. The SMILES string of the molecule is CCNC(=NCc1nc(C)c(C)o1)NCC(C)N1CCOCC1.I. The lowest BCUT2D eigenvalue weighted by Gasteiger charge is -2.32. The van der Waals surface area contributed by atoms with Crippen molar-refractivity contribution >= 4 is 29.9 Å². The van der Waals surface area contributed by atoms with Crippen molar-refractivity contribution in [2.24, 2.45) is 4.99 Å². The summed E-state index contributed by atoms with van der Waals surface area (Å²) in [5, 5.41) is 6.66. The third kappa shape index (κ3) is 6.56. The van der Waals surface area contributed by atoms with E-state index in [2.05, 4.69) is 39.4 Å². The van der Waals surface area contributed by atoms with Gasteiger partial charge in [-0.3, -0.25) is 4.90 Å².